The Morgan fingerprint density at radius 1 is 1.38 bits per heavy atom. The van der Waals surface area contributed by atoms with Gasteiger partial charge < -0.3 is 9.84 Å². The fourth-order valence-electron chi connectivity index (χ4n) is 4.49. The van der Waals surface area contributed by atoms with Gasteiger partial charge in [-0.25, -0.2) is 4.79 Å². The molecule has 3 unspecified atom stereocenters. The number of carbonyl (C=O) groups is 1. The molecule has 3 atom stereocenters. The zero-order chi connectivity index (χ0) is 20.8. The van der Waals surface area contributed by atoms with Crippen molar-refractivity contribution in [3.05, 3.63) is 73.5 Å². The number of hydrogen-bond donors (Lipinski definition) is 1. The molecule has 4 rings (SSSR count). The van der Waals surface area contributed by atoms with E-state index in [0.29, 0.717) is 18.1 Å². The number of aliphatic carboxylic acids is 1. The second kappa shape index (κ2) is 7.27. The van der Waals surface area contributed by atoms with Gasteiger partial charge in [0.05, 0.1) is 6.61 Å². The number of ether oxygens (including phenoxy) is 1. The lowest BCUT2D eigenvalue weighted by molar-refractivity contribution is -0.776. The Kier molecular flexibility index (Phi) is 4.92. The standard InChI is InChI=1S/C20H19ClN2O6/c1-11-16(13-6-7-20(8-13,19(24)25)29-23(26)27)17-14(9-22-11)10-28-18(17)12-2-4-15(21)5-3-12/h2-5,9,13,18H,6-8,10H2,1H3,(H,24,25). The maximum atomic E-state index is 11.8. The highest BCUT2D eigenvalue weighted by atomic mass is 35.5. The summed E-state index contributed by atoms with van der Waals surface area (Å²) in [6.45, 7) is 2.26. The van der Waals surface area contributed by atoms with Gasteiger partial charge in [0.15, 0.2) is 0 Å². The van der Waals surface area contributed by atoms with Crippen LogP contribution in [0, 0.1) is 17.0 Å². The summed E-state index contributed by atoms with van der Waals surface area (Å²) in [7, 11) is 0. The number of benzene rings is 1. The number of hydrogen-bond acceptors (Lipinski definition) is 6. The van der Waals surface area contributed by atoms with Crippen molar-refractivity contribution < 1.29 is 24.6 Å². The highest BCUT2D eigenvalue weighted by Gasteiger charge is 2.51. The van der Waals surface area contributed by atoms with Crippen LogP contribution in [0.2, 0.25) is 5.02 Å². The van der Waals surface area contributed by atoms with Crippen molar-refractivity contribution in [2.24, 2.45) is 0 Å². The number of carboxylic acid groups (broad SMARTS) is 1. The minimum Gasteiger partial charge on any atom is -0.479 e. The monoisotopic (exact) mass is 418 g/mol. The van der Waals surface area contributed by atoms with Gasteiger partial charge in [0.1, 0.15) is 6.10 Å². The van der Waals surface area contributed by atoms with Crippen LogP contribution in [0.3, 0.4) is 0 Å². The summed E-state index contributed by atoms with van der Waals surface area (Å²) in [4.78, 5) is 31.8. The Morgan fingerprint density at radius 3 is 2.76 bits per heavy atom. The molecule has 2 aromatic rings. The lowest BCUT2D eigenvalue weighted by Gasteiger charge is -2.24. The number of carboxylic acids is 1. The van der Waals surface area contributed by atoms with Crippen LogP contribution in [-0.4, -0.2) is 26.7 Å². The molecule has 0 amide bonds. The van der Waals surface area contributed by atoms with E-state index >= 15 is 0 Å². The highest BCUT2D eigenvalue weighted by molar-refractivity contribution is 6.30. The van der Waals surface area contributed by atoms with Crippen molar-refractivity contribution in [2.45, 2.75) is 50.4 Å². The van der Waals surface area contributed by atoms with E-state index in [1.165, 1.54) is 0 Å². The molecule has 1 saturated carbocycles. The fourth-order valence-corrected chi connectivity index (χ4v) is 4.62. The van der Waals surface area contributed by atoms with Gasteiger partial charge in [-0.1, -0.05) is 23.7 Å². The van der Waals surface area contributed by atoms with E-state index in [1.54, 1.807) is 18.3 Å². The molecule has 0 radical (unpaired) electrons. The Labute approximate surface area is 171 Å². The van der Waals surface area contributed by atoms with Crippen LogP contribution in [0.5, 0.6) is 0 Å². The van der Waals surface area contributed by atoms with Gasteiger partial charge in [-0.15, -0.1) is 10.1 Å². The van der Waals surface area contributed by atoms with E-state index < -0.39 is 16.7 Å². The van der Waals surface area contributed by atoms with Gasteiger partial charge in [-0.05, 0) is 60.9 Å². The quantitative estimate of drug-likeness (QED) is 0.577. The fraction of sp³-hybridized carbons (Fsp3) is 0.400. The molecule has 1 fully saturated rings. The third-order valence-electron chi connectivity index (χ3n) is 5.80. The van der Waals surface area contributed by atoms with Crippen molar-refractivity contribution >= 4 is 17.6 Å². The van der Waals surface area contributed by atoms with Crippen LogP contribution in [0.15, 0.2) is 30.5 Å². The third kappa shape index (κ3) is 3.42. The summed E-state index contributed by atoms with van der Waals surface area (Å²) >= 11 is 6.01. The van der Waals surface area contributed by atoms with E-state index in [-0.39, 0.29) is 24.9 Å². The third-order valence-corrected chi connectivity index (χ3v) is 6.05. The minimum absolute atomic E-state index is 0.00955. The molecule has 2 heterocycles. The molecule has 1 N–H and O–H groups in total. The SMILES string of the molecule is Cc1ncc2c(c1C1CCC(O[N+](=O)[O-])(C(=O)O)C1)C(c1ccc(Cl)cc1)OC2. The lowest BCUT2D eigenvalue weighted by Crippen LogP contribution is -2.40. The van der Waals surface area contributed by atoms with Crippen molar-refractivity contribution in [2.75, 3.05) is 0 Å². The first kappa shape index (κ1) is 19.6. The Hall–Kier alpha value is -2.71. The van der Waals surface area contributed by atoms with E-state index in [1.807, 2.05) is 19.1 Å². The van der Waals surface area contributed by atoms with Crippen LogP contribution in [0.1, 0.15) is 59.2 Å². The number of aryl methyl sites for hydroxylation is 1. The van der Waals surface area contributed by atoms with Gasteiger partial charge in [-0.2, -0.15) is 0 Å². The predicted molar refractivity (Wildman–Crippen MR) is 102 cm³/mol. The molecule has 8 nitrogen and oxygen atoms in total. The first-order valence-corrected chi connectivity index (χ1v) is 9.61. The number of aromatic nitrogens is 1. The summed E-state index contributed by atoms with van der Waals surface area (Å²) in [6.07, 6.45) is 1.97. The van der Waals surface area contributed by atoms with Gasteiger partial charge in [0.2, 0.25) is 5.60 Å². The molecule has 1 aliphatic carbocycles. The number of pyridine rings is 1. The molecule has 0 saturated heterocycles. The molecular formula is C20H19ClN2O6. The first-order valence-electron chi connectivity index (χ1n) is 9.23. The zero-order valence-corrected chi connectivity index (χ0v) is 16.4. The van der Waals surface area contributed by atoms with Gasteiger partial charge in [-0.3, -0.25) is 9.82 Å². The average molecular weight is 419 g/mol. The molecule has 0 bridgehead atoms. The van der Waals surface area contributed by atoms with Crippen molar-refractivity contribution in [1.82, 2.24) is 4.98 Å². The minimum atomic E-state index is -1.83. The Morgan fingerprint density at radius 2 is 2.10 bits per heavy atom. The normalized spacial score (nSPS) is 25.6. The second-order valence-electron chi connectivity index (χ2n) is 7.49. The second-order valence-corrected chi connectivity index (χ2v) is 7.93. The largest absolute Gasteiger partial charge is 0.479 e. The molecule has 1 aromatic carbocycles. The van der Waals surface area contributed by atoms with Crippen LogP contribution in [0.4, 0.5) is 0 Å². The van der Waals surface area contributed by atoms with E-state index in [2.05, 4.69) is 9.82 Å². The molecule has 1 aliphatic heterocycles. The van der Waals surface area contributed by atoms with E-state index in [4.69, 9.17) is 16.3 Å². The number of nitrogens with zero attached hydrogens (tertiary/aromatic N) is 2. The molecule has 2 aliphatic rings. The average Bonchev–Trinajstić information content (AvgIpc) is 3.27. The van der Waals surface area contributed by atoms with Gasteiger partial charge in [0, 0.05) is 22.5 Å². The maximum absolute atomic E-state index is 11.8. The topological polar surface area (TPSA) is 112 Å². The summed E-state index contributed by atoms with van der Waals surface area (Å²) in [5.74, 6) is -1.55. The van der Waals surface area contributed by atoms with Crippen LogP contribution < -0.4 is 0 Å². The molecule has 0 spiro atoms. The van der Waals surface area contributed by atoms with Gasteiger partial charge in [0.25, 0.3) is 5.09 Å². The van der Waals surface area contributed by atoms with Crippen molar-refractivity contribution in [1.29, 1.82) is 0 Å². The zero-order valence-electron chi connectivity index (χ0n) is 15.6. The number of halogens is 1. The van der Waals surface area contributed by atoms with E-state index in [0.717, 1.165) is 27.9 Å². The molecule has 9 heteroatoms. The summed E-state index contributed by atoms with van der Waals surface area (Å²) in [5.41, 5.74) is 2.67. The molecule has 1 aromatic heterocycles. The summed E-state index contributed by atoms with van der Waals surface area (Å²) < 4.78 is 6.03. The number of fused-ring (bicyclic) bond motifs is 1. The Bertz CT molecular complexity index is 980. The predicted octanol–water partition coefficient (Wildman–Crippen LogP) is 3.96. The molecule has 152 valence electrons. The van der Waals surface area contributed by atoms with Gasteiger partial charge >= 0.3 is 5.97 Å². The van der Waals surface area contributed by atoms with Crippen LogP contribution in [0.25, 0.3) is 0 Å². The van der Waals surface area contributed by atoms with Crippen molar-refractivity contribution in [3.8, 4) is 0 Å². The highest BCUT2D eigenvalue weighted by Crippen LogP contribution is 2.49. The van der Waals surface area contributed by atoms with Crippen molar-refractivity contribution in [3.63, 3.8) is 0 Å². The molecular weight excluding hydrogens is 400 g/mol. The smallest absolute Gasteiger partial charge is 0.336 e. The number of rotatable bonds is 5. The maximum Gasteiger partial charge on any atom is 0.336 e. The molecule has 29 heavy (non-hydrogen) atoms. The summed E-state index contributed by atoms with van der Waals surface area (Å²) in [5, 5.41) is 20.1. The van der Waals surface area contributed by atoms with E-state index in [9.17, 15) is 20.0 Å². The first-order chi connectivity index (χ1) is 13.8. The summed E-state index contributed by atoms with van der Waals surface area (Å²) in [6, 6.07) is 7.38. The Balaban J connectivity index is 1.75. The lowest BCUT2D eigenvalue weighted by atomic mass is 9.85. The van der Waals surface area contributed by atoms with Crippen LogP contribution in [-0.2, 0) is 21.0 Å². The van der Waals surface area contributed by atoms with Crippen LogP contribution >= 0.6 is 11.6 Å².